The maximum atomic E-state index is 12.8. The second kappa shape index (κ2) is 8.87. The molecule has 0 spiro atoms. The van der Waals surface area contributed by atoms with Crippen LogP contribution in [0.4, 0.5) is 10.5 Å². The first-order chi connectivity index (χ1) is 14.4. The van der Waals surface area contributed by atoms with Crippen molar-refractivity contribution in [2.45, 2.75) is 6.54 Å². The van der Waals surface area contributed by atoms with Gasteiger partial charge in [0.05, 0.1) is 37.7 Å². The molecule has 1 fully saturated rings. The molecule has 9 nitrogen and oxygen atoms in total. The average Bonchev–Trinajstić information content (AvgIpc) is 3.00. The molecule has 2 amide bonds. The lowest BCUT2D eigenvalue weighted by Gasteiger charge is -2.13. The first-order valence-corrected chi connectivity index (χ1v) is 9.48. The second-order valence-electron chi connectivity index (χ2n) is 6.15. The number of carbonyl (C=O) groups excluding carboxylic acids is 2. The van der Waals surface area contributed by atoms with Crippen LogP contribution in [0.1, 0.15) is 11.1 Å². The summed E-state index contributed by atoms with van der Waals surface area (Å²) in [6.07, 6.45) is 1.57. The van der Waals surface area contributed by atoms with Crippen molar-refractivity contribution in [2.24, 2.45) is 0 Å². The van der Waals surface area contributed by atoms with E-state index in [9.17, 15) is 19.7 Å². The second-order valence-corrected chi connectivity index (χ2v) is 7.14. The van der Waals surface area contributed by atoms with Crippen LogP contribution in [-0.4, -0.2) is 42.3 Å². The van der Waals surface area contributed by atoms with Crippen molar-refractivity contribution in [2.75, 3.05) is 21.3 Å². The highest BCUT2D eigenvalue weighted by molar-refractivity contribution is 8.18. The third-order valence-corrected chi connectivity index (χ3v) is 5.25. The highest BCUT2D eigenvalue weighted by atomic mass is 32.2. The molecule has 0 aliphatic carbocycles. The van der Waals surface area contributed by atoms with Crippen LogP contribution in [0.15, 0.2) is 41.3 Å². The normalized spacial score (nSPS) is 14.9. The molecule has 0 saturated carbocycles. The minimum absolute atomic E-state index is 0.0231. The van der Waals surface area contributed by atoms with Gasteiger partial charge in [-0.15, -0.1) is 0 Å². The van der Waals surface area contributed by atoms with Crippen LogP contribution in [-0.2, 0) is 11.3 Å². The molecule has 30 heavy (non-hydrogen) atoms. The third kappa shape index (κ3) is 4.23. The summed E-state index contributed by atoms with van der Waals surface area (Å²) in [4.78, 5) is 36.7. The largest absolute Gasteiger partial charge is 0.493 e. The van der Waals surface area contributed by atoms with Crippen LogP contribution in [0, 0.1) is 10.1 Å². The number of carbonyl (C=O) groups is 2. The monoisotopic (exact) mass is 430 g/mol. The summed E-state index contributed by atoms with van der Waals surface area (Å²) in [5.74, 6) is 0.821. The van der Waals surface area contributed by atoms with E-state index in [-0.39, 0.29) is 17.1 Å². The number of benzene rings is 2. The average molecular weight is 430 g/mol. The van der Waals surface area contributed by atoms with Gasteiger partial charge in [-0.2, -0.15) is 0 Å². The molecule has 1 heterocycles. The van der Waals surface area contributed by atoms with E-state index in [2.05, 4.69) is 0 Å². The summed E-state index contributed by atoms with van der Waals surface area (Å²) in [5.41, 5.74) is 1.15. The minimum atomic E-state index is -0.510. The molecule has 1 aliphatic rings. The van der Waals surface area contributed by atoms with Gasteiger partial charge in [0.1, 0.15) is 0 Å². The highest BCUT2D eigenvalue weighted by Crippen LogP contribution is 2.40. The summed E-state index contributed by atoms with van der Waals surface area (Å²) in [6.45, 7) is 0.0231. The third-order valence-electron chi connectivity index (χ3n) is 4.35. The Labute approximate surface area is 176 Å². The Balaban J connectivity index is 1.85. The molecule has 156 valence electrons. The topological polar surface area (TPSA) is 108 Å². The van der Waals surface area contributed by atoms with E-state index >= 15 is 0 Å². The number of nitrogens with zero attached hydrogens (tertiary/aromatic N) is 2. The molecule has 0 aromatic heterocycles. The molecule has 0 N–H and O–H groups in total. The van der Waals surface area contributed by atoms with Crippen molar-refractivity contribution in [3.8, 4) is 17.2 Å². The Morgan fingerprint density at radius 2 is 1.63 bits per heavy atom. The SMILES string of the molecule is COc1cc(/C=C2\SC(=O)N(Cc3ccc([N+](=O)[O-])cc3)C2=O)cc(OC)c1OC. The number of thioether (sulfide) groups is 1. The smallest absolute Gasteiger partial charge is 0.293 e. The van der Waals surface area contributed by atoms with E-state index < -0.39 is 16.1 Å². The zero-order valence-corrected chi connectivity index (χ0v) is 17.2. The quantitative estimate of drug-likeness (QED) is 0.370. The zero-order valence-electron chi connectivity index (χ0n) is 16.4. The van der Waals surface area contributed by atoms with Crippen LogP contribution in [0.2, 0.25) is 0 Å². The van der Waals surface area contributed by atoms with Crippen molar-refractivity contribution in [1.82, 2.24) is 4.90 Å². The number of rotatable bonds is 7. The van der Waals surface area contributed by atoms with E-state index in [1.54, 1.807) is 18.2 Å². The first-order valence-electron chi connectivity index (χ1n) is 8.66. The molecule has 0 bridgehead atoms. The number of hydrogen-bond acceptors (Lipinski definition) is 8. The van der Waals surface area contributed by atoms with Crippen molar-refractivity contribution >= 4 is 34.7 Å². The fourth-order valence-electron chi connectivity index (χ4n) is 2.88. The molecular formula is C20H18N2O7S. The molecule has 2 aromatic carbocycles. The van der Waals surface area contributed by atoms with Gasteiger partial charge in [-0.1, -0.05) is 12.1 Å². The van der Waals surface area contributed by atoms with E-state index in [0.717, 1.165) is 16.7 Å². The van der Waals surface area contributed by atoms with Crippen LogP contribution in [0.5, 0.6) is 17.2 Å². The lowest BCUT2D eigenvalue weighted by molar-refractivity contribution is -0.384. The van der Waals surface area contributed by atoms with Crippen molar-refractivity contribution in [3.05, 3.63) is 62.5 Å². The Bertz CT molecular complexity index is 1010. The molecule has 0 unspecified atom stereocenters. The molecular weight excluding hydrogens is 412 g/mol. The molecule has 0 radical (unpaired) electrons. The summed E-state index contributed by atoms with van der Waals surface area (Å²) in [7, 11) is 4.46. The van der Waals surface area contributed by atoms with Crippen molar-refractivity contribution in [1.29, 1.82) is 0 Å². The summed E-state index contributed by atoms with van der Waals surface area (Å²) < 4.78 is 15.9. The Morgan fingerprint density at radius 3 is 2.13 bits per heavy atom. The van der Waals surface area contributed by atoms with Crippen LogP contribution in [0.3, 0.4) is 0 Å². The van der Waals surface area contributed by atoms with Crippen molar-refractivity contribution < 1.29 is 28.7 Å². The van der Waals surface area contributed by atoms with Gasteiger partial charge in [0, 0.05) is 12.1 Å². The van der Waals surface area contributed by atoms with Gasteiger partial charge in [0.25, 0.3) is 16.8 Å². The van der Waals surface area contributed by atoms with Gasteiger partial charge in [-0.05, 0) is 41.1 Å². The van der Waals surface area contributed by atoms with E-state index in [1.165, 1.54) is 45.6 Å². The maximum Gasteiger partial charge on any atom is 0.293 e. The minimum Gasteiger partial charge on any atom is -0.493 e. The predicted octanol–water partition coefficient (Wildman–Crippen LogP) is 3.86. The van der Waals surface area contributed by atoms with Gasteiger partial charge in [-0.25, -0.2) is 0 Å². The number of hydrogen-bond donors (Lipinski definition) is 0. The summed E-state index contributed by atoms with van der Waals surface area (Å²) in [5, 5.41) is 10.3. The van der Waals surface area contributed by atoms with Gasteiger partial charge in [0.15, 0.2) is 11.5 Å². The standard InChI is InChI=1S/C20H18N2O7S/c1-27-15-8-13(9-16(28-2)18(15)29-3)10-17-19(23)21(20(24)30-17)11-12-4-6-14(7-5-12)22(25)26/h4-10H,11H2,1-3H3/b17-10-. The molecule has 1 saturated heterocycles. The Morgan fingerprint density at radius 1 is 1.03 bits per heavy atom. The molecule has 0 atom stereocenters. The Kier molecular flexibility index (Phi) is 6.26. The number of nitro groups is 1. The fourth-order valence-corrected chi connectivity index (χ4v) is 3.72. The molecule has 10 heteroatoms. The molecule has 1 aliphatic heterocycles. The van der Waals surface area contributed by atoms with Crippen molar-refractivity contribution in [3.63, 3.8) is 0 Å². The summed E-state index contributed by atoms with van der Waals surface area (Å²) >= 11 is 0.818. The maximum absolute atomic E-state index is 12.8. The number of amides is 2. The number of ether oxygens (including phenoxy) is 3. The first kappa shape index (κ1) is 21.2. The molecule has 2 aromatic rings. The molecule has 3 rings (SSSR count). The van der Waals surface area contributed by atoms with Crippen LogP contribution < -0.4 is 14.2 Å². The van der Waals surface area contributed by atoms with Gasteiger partial charge >= 0.3 is 0 Å². The number of nitro benzene ring substituents is 1. The van der Waals surface area contributed by atoms with E-state index in [1.807, 2.05) is 0 Å². The number of imide groups is 1. The number of methoxy groups -OCH3 is 3. The van der Waals surface area contributed by atoms with Crippen LogP contribution in [0.25, 0.3) is 6.08 Å². The van der Waals surface area contributed by atoms with Gasteiger partial charge in [0.2, 0.25) is 5.75 Å². The lowest BCUT2D eigenvalue weighted by Crippen LogP contribution is -2.27. The lowest BCUT2D eigenvalue weighted by atomic mass is 10.1. The van der Waals surface area contributed by atoms with Gasteiger partial charge in [-0.3, -0.25) is 24.6 Å². The van der Waals surface area contributed by atoms with Crippen LogP contribution >= 0.6 is 11.8 Å². The highest BCUT2D eigenvalue weighted by Gasteiger charge is 2.35. The predicted molar refractivity (Wildman–Crippen MR) is 111 cm³/mol. The van der Waals surface area contributed by atoms with E-state index in [4.69, 9.17) is 14.2 Å². The van der Waals surface area contributed by atoms with E-state index in [0.29, 0.717) is 28.4 Å². The summed E-state index contributed by atoms with van der Waals surface area (Å²) in [6, 6.07) is 9.05. The Hall–Kier alpha value is -3.53. The fraction of sp³-hybridized carbons (Fsp3) is 0.200. The zero-order chi connectivity index (χ0) is 21.8. The number of non-ortho nitro benzene ring substituents is 1. The van der Waals surface area contributed by atoms with Gasteiger partial charge < -0.3 is 14.2 Å².